The van der Waals surface area contributed by atoms with Crippen molar-refractivity contribution in [1.29, 1.82) is 0 Å². The monoisotopic (exact) mass is 338 g/mol. The fourth-order valence-corrected chi connectivity index (χ4v) is 2.02. The van der Waals surface area contributed by atoms with Gasteiger partial charge >= 0.3 is 5.97 Å². The molecule has 0 heterocycles. The van der Waals surface area contributed by atoms with Gasteiger partial charge in [0.05, 0.1) is 25.4 Å². The quantitative estimate of drug-likeness (QED) is 0.295. The third-order valence-corrected chi connectivity index (χ3v) is 3.31. The largest absolute Gasteiger partial charge is 0.494 e. The summed E-state index contributed by atoms with van der Waals surface area (Å²) in [4.78, 5) is 21.8. The minimum Gasteiger partial charge on any atom is -0.494 e. The highest BCUT2D eigenvalue weighted by molar-refractivity contribution is 5.89. The molecule has 0 spiro atoms. The maximum atomic E-state index is 11.8. The van der Waals surface area contributed by atoms with Crippen LogP contribution in [0.5, 0.6) is 5.75 Å². The lowest BCUT2D eigenvalue weighted by Gasteiger charge is -2.08. The first-order chi connectivity index (χ1) is 11.8. The van der Waals surface area contributed by atoms with Gasteiger partial charge in [-0.3, -0.25) is 4.79 Å². The van der Waals surface area contributed by atoms with Crippen molar-refractivity contribution in [1.82, 2.24) is 0 Å². The molecule has 0 aliphatic heterocycles. The molecular weight excluding hydrogens is 312 g/mol. The Morgan fingerprint density at radius 2 is 1.62 bits per heavy atom. The summed E-state index contributed by atoms with van der Waals surface area (Å²) in [6.07, 6.45) is 4.81. The molecule has 0 atom stereocenters. The van der Waals surface area contributed by atoms with Crippen LogP contribution in [0, 0.1) is 0 Å². The van der Waals surface area contributed by atoms with E-state index in [1.54, 1.807) is 31.4 Å². The molecule has 0 N–H and O–H groups in total. The SMILES string of the molecule is COCCCCCCOc1ccc(C(=O)OCCCOC=O)cc1. The molecule has 0 radical (unpaired) electrons. The average Bonchev–Trinajstić information content (AvgIpc) is 2.61. The Kier molecular flexibility index (Phi) is 11.1. The summed E-state index contributed by atoms with van der Waals surface area (Å²) in [5, 5.41) is 0. The van der Waals surface area contributed by atoms with E-state index < -0.39 is 5.97 Å². The Hall–Kier alpha value is -2.08. The van der Waals surface area contributed by atoms with E-state index in [1.807, 2.05) is 0 Å². The number of benzene rings is 1. The summed E-state index contributed by atoms with van der Waals surface area (Å²) in [5.41, 5.74) is 0.471. The Bertz CT molecular complexity index is 457. The van der Waals surface area contributed by atoms with Crippen LogP contribution in [0.25, 0.3) is 0 Å². The molecule has 1 rings (SSSR count). The lowest BCUT2D eigenvalue weighted by molar-refractivity contribution is -0.128. The van der Waals surface area contributed by atoms with Gasteiger partial charge in [-0.2, -0.15) is 0 Å². The minimum atomic E-state index is -0.397. The zero-order valence-corrected chi connectivity index (χ0v) is 14.2. The first-order valence-electron chi connectivity index (χ1n) is 8.22. The second-order valence-electron chi connectivity index (χ2n) is 5.24. The van der Waals surface area contributed by atoms with E-state index in [1.165, 1.54) is 0 Å². The molecule has 1 aromatic carbocycles. The minimum absolute atomic E-state index is 0.216. The number of carbonyl (C=O) groups excluding carboxylic acids is 2. The molecule has 0 amide bonds. The molecule has 0 saturated carbocycles. The maximum absolute atomic E-state index is 11.8. The summed E-state index contributed by atoms with van der Waals surface area (Å²) >= 11 is 0. The second kappa shape index (κ2) is 13.4. The predicted molar refractivity (Wildman–Crippen MR) is 89.2 cm³/mol. The van der Waals surface area contributed by atoms with Crippen molar-refractivity contribution in [3.63, 3.8) is 0 Å². The summed E-state index contributed by atoms with van der Waals surface area (Å²) in [5.74, 6) is 0.341. The van der Waals surface area contributed by atoms with Crippen LogP contribution >= 0.6 is 0 Å². The fraction of sp³-hybridized carbons (Fsp3) is 0.556. The Labute approximate surface area is 143 Å². The molecule has 0 aromatic heterocycles. The number of hydrogen-bond acceptors (Lipinski definition) is 6. The fourth-order valence-electron chi connectivity index (χ4n) is 2.02. The highest BCUT2D eigenvalue weighted by Gasteiger charge is 2.07. The van der Waals surface area contributed by atoms with Crippen LogP contribution in [-0.2, 0) is 19.0 Å². The van der Waals surface area contributed by atoms with Crippen LogP contribution in [0.2, 0.25) is 0 Å². The van der Waals surface area contributed by atoms with Crippen molar-refractivity contribution >= 4 is 12.4 Å². The van der Waals surface area contributed by atoms with Crippen LogP contribution in [0.3, 0.4) is 0 Å². The van der Waals surface area contributed by atoms with Crippen molar-refractivity contribution in [2.75, 3.05) is 33.5 Å². The predicted octanol–water partition coefficient (Wildman–Crippen LogP) is 2.99. The van der Waals surface area contributed by atoms with Gasteiger partial charge in [0.2, 0.25) is 0 Å². The van der Waals surface area contributed by atoms with Gasteiger partial charge in [0, 0.05) is 20.1 Å². The molecule has 0 fully saturated rings. The van der Waals surface area contributed by atoms with Gasteiger partial charge in [-0.25, -0.2) is 4.79 Å². The number of ether oxygens (including phenoxy) is 4. The van der Waals surface area contributed by atoms with Crippen LogP contribution in [0.15, 0.2) is 24.3 Å². The maximum Gasteiger partial charge on any atom is 0.338 e. The van der Waals surface area contributed by atoms with E-state index in [-0.39, 0.29) is 13.2 Å². The molecular formula is C18H26O6. The third kappa shape index (κ3) is 9.15. The zero-order chi connectivity index (χ0) is 17.5. The first-order valence-corrected chi connectivity index (χ1v) is 8.22. The van der Waals surface area contributed by atoms with Gasteiger partial charge in [0.25, 0.3) is 6.47 Å². The topological polar surface area (TPSA) is 71.1 Å². The average molecular weight is 338 g/mol. The standard InChI is InChI=1S/C18H26O6/c1-21-11-4-2-3-5-13-23-17-9-7-16(8-10-17)18(20)24-14-6-12-22-15-19/h7-10,15H,2-6,11-14H2,1H3. The third-order valence-electron chi connectivity index (χ3n) is 3.31. The summed E-state index contributed by atoms with van der Waals surface area (Å²) in [6.45, 7) is 2.30. The highest BCUT2D eigenvalue weighted by atomic mass is 16.5. The number of esters is 1. The van der Waals surface area contributed by atoms with E-state index in [9.17, 15) is 9.59 Å². The zero-order valence-electron chi connectivity index (χ0n) is 14.2. The van der Waals surface area contributed by atoms with Crippen molar-refractivity contribution in [3.8, 4) is 5.75 Å². The number of rotatable bonds is 14. The molecule has 6 heteroatoms. The van der Waals surface area contributed by atoms with Crippen LogP contribution in [-0.4, -0.2) is 46.0 Å². The molecule has 134 valence electrons. The molecule has 24 heavy (non-hydrogen) atoms. The summed E-state index contributed by atoms with van der Waals surface area (Å²) < 4.78 is 20.2. The Balaban J connectivity index is 2.17. The van der Waals surface area contributed by atoms with Crippen molar-refractivity contribution in [2.24, 2.45) is 0 Å². The normalized spacial score (nSPS) is 10.2. The van der Waals surface area contributed by atoms with Gasteiger partial charge in [-0.05, 0) is 43.5 Å². The van der Waals surface area contributed by atoms with Gasteiger partial charge in [0.15, 0.2) is 0 Å². The van der Waals surface area contributed by atoms with Crippen molar-refractivity contribution in [2.45, 2.75) is 32.1 Å². The lowest BCUT2D eigenvalue weighted by atomic mass is 10.2. The molecule has 0 aliphatic carbocycles. The van der Waals surface area contributed by atoms with E-state index >= 15 is 0 Å². The van der Waals surface area contributed by atoms with Gasteiger partial charge in [0.1, 0.15) is 5.75 Å². The number of carbonyl (C=O) groups is 2. The molecule has 1 aromatic rings. The van der Waals surface area contributed by atoms with E-state index in [0.717, 1.165) is 38.0 Å². The molecule has 0 unspecified atom stereocenters. The highest BCUT2D eigenvalue weighted by Crippen LogP contribution is 2.14. The molecule has 6 nitrogen and oxygen atoms in total. The lowest BCUT2D eigenvalue weighted by Crippen LogP contribution is -2.08. The summed E-state index contributed by atoms with van der Waals surface area (Å²) in [6, 6.07) is 6.88. The van der Waals surface area contributed by atoms with E-state index in [2.05, 4.69) is 4.74 Å². The van der Waals surface area contributed by atoms with E-state index in [0.29, 0.717) is 25.1 Å². The van der Waals surface area contributed by atoms with Crippen LogP contribution < -0.4 is 4.74 Å². The Morgan fingerprint density at radius 1 is 0.917 bits per heavy atom. The molecule has 0 bridgehead atoms. The van der Waals surface area contributed by atoms with E-state index in [4.69, 9.17) is 14.2 Å². The second-order valence-corrected chi connectivity index (χ2v) is 5.24. The first kappa shape index (κ1) is 20.0. The molecule has 0 aliphatic rings. The van der Waals surface area contributed by atoms with Crippen LogP contribution in [0.4, 0.5) is 0 Å². The number of methoxy groups -OCH3 is 1. The van der Waals surface area contributed by atoms with Crippen molar-refractivity contribution in [3.05, 3.63) is 29.8 Å². The summed E-state index contributed by atoms with van der Waals surface area (Å²) in [7, 11) is 1.71. The van der Waals surface area contributed by atoms with Gasteiger partial charge in [-0.1, -0.05) is 6.42 Å². The number of hydrogen-bond donors (Lipinski definition) is 0. The Morgan fingerprint density at radius 3 is 2.29 bits per heavy atom. The van der Waals surface area contributed by atoms with Gasteiger partial charge in [-0.15, -0.1) is 0 Å². The number of unbranched alkanes of at least 4 members (excludes halogenated alkanes) is 3. The van der Waals surface area contributed by atoms with Crippen molar-refractivity contribution < 1.29 is 28.5 Å². The van der Waals surface area contributed by atoms with Gasteiger partial charge < -0.3 is 18.9 Å². The van der Waals surface area contributed by atoms with Crippen LogP contribution in [0.1, 0.15) is 42.5 Å². The smallest absolute Gasteiger partial charge is 0.338 e. The molecule has 0 saturated heterocycles.